The Morgan fingerprint density at radius 3 is 2.52 bits per heavy atom. The standard InChI is InChI=1S/C23H37N5O3/c1-5-17-16(12-15-27(17)22(30)31-23(2,3)4)21(29)26-13-8-6-10-18(26)20-25-24-19-11-7-9-14-28(19)20/h16-18H,5-15H2,1-4H3/t16-,17-,18+/m1/s1. The van der Waals surface area contributed by atoms with E-state index in [0.29, 0.717) is 13.0 Å². The Bertz CT molecular complexity index is 815. The van der Waals surface area contributed by atoms with E-state index in [9.17, 15) is 9.59 Å². The van der Waals surface area contributed by atoms with Gasteiger partial charge in [-0.15, -0.1) is 10.2 Å². The Kier molecular flexibility index (Phi) is 6.26. The van der Waals surface area contributed by atoms with E-state index in [1.54, 1.807) is 4.90 Å². The summed E-state index contributed by atoms with van der Waals surface area (Å²) in [6, 6.07) is -0.120. The zero-order valence-electron chi connectivity index (χ0n) is 19.5. The lowest BCUT2D eigenvalue weighted by Crippen LogP contribution is -2.47. The molecule has 2 amide bonds. The third-order valence-corrected chi connectivity index (χ3v) is 6.88. The lowest BCUT2D eigenvalue weighted by atomic mass is 9.93. The van der Waals surface area contributed by atoms with Crippen LogP contribution in [0.4, 0.5) is 4.79 Å². The molecule has 2 fully saturated rings. The zero-order valence-corrected chi connectivity index (χ0v) is 19.5. The molecule has 0 radical (unpaired) electrons. The minimum absolute atomic E-state index is 0.00585. The molecular weight excluding hydrogens is 394 g/mol. The third kappa shape index (κ3) is 4.44. The summed E-state index contributed by atoms with van der Waals surface area (Å²) >= 11 is 0. The number of carbonyl (C=O) groups is 2. The Labute approximate surface area is 185 Å². The van der Waals surface area contributed by atoms with E-state index >= 15 is 0 Å². The van der Waals surface area contributed by atoms with Gasteiger partial charge in [0.15, 0.2) is 5.82 Å². The van der Waals surface area contributed by atoms with E-state index in [1.807, 2.05) is 25.7 Å². The largest absolute Gasteiger partial charge is 0.444 e. The van der Waals surface area contributed by atoms with Crippen molar-refractivity contribution in [3.05, 3.63) is 11.6 Å². The fourth-order valence-electron chi connectivity index (χ4n) is 5.45. The number of rotatable bonds is 3. The van der Waals surface area contributed by atoms with Gasteiger partial charge in [-0.25, -0.2) is 4.79 Å². The van der Waals surface area contributed by atoms with Gasteiger partial charge in [0.05, 0.1) is 12.0 Å². The average Bonchev–Trinajstić information content (AvgIpc) is 3.36. The van der Waals surface area contributed by atoms with Crippen molar-refractivity contribution in [1.82, 2.24) is 24.6 Å². The van der Waals surface area contributed by atoms with Gasteiger partial charge in [0, 0.05) is 32.1 Å². The molecule has 3 atom stereocenters. The predicted octanol–water partition coefficient (Wildman–Crippen LogP) is 3.70. The lowest BCUT2D eigenvalue weighted by molar-refractivity contribution is -0.140. The van der Waals surface area contributed by atoms with Crippen LogP contribution in [0.5, 0.6) is 0 Å². The maximum atomic E-state index is 13.8. The van der Waals surface area contributed by atoms with E-state index in [-0.39, 0.29) is 30.0 Å². The summed E-state index contributed by atoms with van der Waals surface area (Å²) in [7, 11) is 0. The summed E-state index contributed by atoms with van der Waals surface area (Å²) in [6.07, 6.45) is 7.45. The zero-order chi connectivity index (χ0) is 22.2. The Hall–Kier alpha value is -2.12. The van der Waals surface area contributed by atoms with Crippen molar-refractivity contribution in [2.75, 3.05) is 13.1 Å². The number of hydrogen-bond donors (Lipinski definition) is 0. The number of likely N-dealkylation sites (tertiary alicyclic amines) is 2. The molecular formula is C23H37N5O3. The lowest BCUT2D eigenvalue weighted by Gasteiger charge is -2.38. The van der Waals surface area contributed by atoms with Crippen molar-refractivity contribution in [2.45, 2.75) is 103 Å². The highest BCUT2D eigenvalue weighted by Crippen LogP contribution is 2.36. The number of hydrogen-bond acceptors (Lipinski definition) is 5. The molecule has 0 spiro atoms. The normalized spacial score (nSPS) is 26.6. The van der Waals surface area contributed by atoms with Crippen LogP contribution in [0.15, 0.2) is 0 Å². The third-order valence-electron chi connectivity index (χ3n) is 6.88. The monoisotopic (exact) mass is 431 g/mol. The van der Waals surface area contributed by atoms with Crippen LogP contribution < -0.4 is 0 Å². The van der Waals surface area contributed by atoms with Crippen LogP contribution in [0.1, 0.15) is 90.3 Å². The van der Waals surface area contributed by atoms with E-state index < -0.39 is 5.60 Å². The number of fused-ring (bicyclic) bond motifs is 1. The molecule has 4 heterocycles. The van der Waals surface area contributed by atoms with Crippen LogP contribution in [0.25, 0.3) is 0 Å². The Morgan fingerprint density at radius 1 is 1.00 bits per heavy atom. The van der Waals surface area contributed by atoms with Crippen LogP contribution in [0.3, 0.4) is 0 Å². The fraction of sp³-hybridized carbons (Fsp3) is 0.826. The van der Waals surface area contributed by atoms with Gasteiger partial charge in [0.1, 0.15) is 11.4 Å². The second-order valence-corrected chi connectivity index (χ2v) is 10.2. The van der Waals surface area contributed by atoms with Crippen LogP contribution >= 0.6 is 0 Å². The maximum absolute atomic E-state index is 13.8. The van der Waals surface area contributed by atoms with E-state index in [2.05, 4.69) is 21.7 Å². The number of ether oxygens (including phenoxy) is 1. The number of aromatic nitrogens is 3. The van der Waals surface area contributed by atoms with Crippen molar-refractivity contribution >= 4 is 12.0 Å². The number of carbonyl (C=O) groups excluding carboxylic acids is 2. The summed E-state index contributed by atoms with van der Waals surface area (Å²) < 4.78 is 7.86. The molecule has 0 N–H and O–H groups in total. The molecule has 31 heavy (non-hydrogen) atoms. The molecule has 3 aliphatic heterocycles. The molecule has 2 saturated heterocycles. The van der Waals surface area contributed by atoms with Crippen molar-refractivity contribution in [3.63, 3.8) is 0 Å². The van der Waals surface area contributed by atoms with E-state index in [0.717, 1.165) is 69.7 Å². The highest BCUT2D eigenvalue weighted by molar-refractivity contribution is 5.82. The summed E-state index contributed by atoms with van der Waals surface area (Å²) in [5.74, 6) is 2.00. The first-order valence-corrected chi connectivity index (χ1v) is 12.0. The summed E-state index contributed by atoms with van der Waals surface area (Å²) in [5, 5.41) is 8.97. The number of nitrogens with zero attached hydrogens (tertiary/aromatic N) is 5. The highest BCUT2D eigenvalue weighted by Gasteiger charge is 2.45. The van der Waals surface area contributed by atoms with Crippen molar-refractivity contribution < 1.29 is 14.3 Å². The molecule has 4 rings (SSSR count). The molecule has 0 saturated carbocycles. The SMILES string of the molecule is CC[C@@H]1[C@H](C(=O)N2CCCC[C@H]2c2nnc3n2CCCC3)CCN1C(=O)OC(C)(C)C. The second kappa shape index (κ2) is 8.79. The first kappa shape index (κ1) is 22.1. The van der Waals surface area contributed by atoms with Crippen LogP contribution in [0, 0.1) is 5.92 Å². The summed E-state index contributed by atoms with van der Waals surface area (Å²) in [5.41, 5.74) is -0.539. The van der Waals surface area contributed by atoms with Gasteiger partial charge in [0.25, 0.3) is 0 Å². The molecule has 1 aromatic heterocycles. The van der Waals surface area contributed by atoms with Gasteiger partial charge in [-0.05, 0) is 65.7 Å². The number of aryl methyl sites for hydroxylation is 1. The summed E-state index contributed by atoms with van der Waals surface area (Å²) in [4.78, 5) is 30.3. The predicted molar refractivity (Wildman–Crippen MR) is 116 cm³/mol. The van der Waals surface area contributed by atoms with Crippen molar-refractivity contribution in [1.29, 1.82) is 0 Å². The number of amides is 2. The minimum Gasteiger partial charge on any atom is -0.444 e. The van der Waals surface area contributed by atoms with Gasteiger partial charge >= 0.3 is 6.09 Å². The quantitative estimate of drug-likeness (QED) is 0.729. The van der Waals surface area contributed by atoms with Gasteiger partial charge < -0.3 is 19.1 Å². The maximum Gasteiger partial charge on any atom is 0.410 e. The summed E-state index contributed by atoms with van der Waals surface area (Å²) in [6.45, 7) is 9.96. The first-order valence-electron chi connectivity index (χ1n) is 12.0. The van der Waals surface area contributed by atoms with Crippen molar-refractivity contribution in [3.8, 4) is 0 Å². The van der Waals surface area contributed by atoms with Gasteiger partial charge in [-0.3, -0.25) is 4.79 Å². The van der Waals surface area contributed by atoms with Gasteiger partial charge in [0.2, 0.25) is 5.91 Å². The highest BCUT2D eigenvalue weighted by atomic mass is 16.6. The molecule has 0 aromatic carbocycles. The molecule has 172 valence electrons. The van der Waals surface area contributed by atoms with E-state index in [4.69, 9.17) is 4.74 Å². The molecule has 3 aliphatic rings. The second-order valence-electron chi connectivity index (χ2n) is 10.2. The van der Waals surface area contributed by atoms with Crippen LogP contribution in [0.2, 0.25) is 0 Å². The Balaban J connectivity index is 1.53. The molecule has 8 nitrogen and oxygen atoms in total. The first-order chi connectivity index (χ1) is 14.8. The minimum atomic E-state index is -0.539. The number of piperidine rings is 1. The molecule has 0 unspecified atom stereocenters. The van der Waals surface area contributed by atoms with Gasteiger partial charge in [-0.1, -0.05) is 6.92 Å². The molecule has 8 heteroatoms. The molecule has 0 bridgehead atoms. The van der Waals surface area contributed by atoms with Crippen LogP contribution in [-0.4, -0.2) is 61.3 Å². The van der Waals surface area contributed by atoms with E-state index in [1.165, 1.54) is 0 Å². The average molecular weight is 432 g/mol. The molecule has 1 aromatic rings. The molecule has 0 aliphatic carbocycles. The topological polar surface area (TPSA) is 80.6 Å². The van der Waals surface area contributed by atoms with Crippen LogP contribution in [-0.2, 0) is 22.5 Å². The Morgan fingerprint density at radius 2 is 1.77 bits per heavy atom. The van der Waals surface area contributed by atoms with Crippen molar-refractivity contribution in [2.24, 2.45) is 5.92 Å². The fourth-order valence-corrected chi connectivity index (χ4v) is 5.45. The smallest absolute Gasteiger partial charge is 0.410 e. The van der Waals surface area contributed by atoms with Gasteiger partial charge in [-0.2, -0.15) is 0 Å².